The number of ketones is 2. The first-order chi connectivity index (χ1) is 16.6. The topological polar surface area (TPSA) is 34.1 Å². The third kappa shape index (κ3) is 4.69. The molecule has 0 aromatic heterocycles. The van der Waals surface area contributed by atoms with Crippen molar-refractivity contribution >= 4 is 29.9 Å². The number of carbonyl (C=O) groups excluding carboxylic acids is 2. The van der Waals surface area contributed by atoms with Gasteiger partial charge in [0.15, 0.2) is 0 Å². The van der Waals surface area contributed by atoms with Gasteiger partial charge in [-0.05, 0) is 0 Å². The Morgan fingerprint density at radius 1 is 0.471 bits per heavy atom. The van der Waals surface area contributed by atoms with Crippen molar-refractivity contribution < 1.29 is 9.59 Å². The van der Waals surface area contributed by atoms with Crippen LogP contribution in [0, 0.1) is 0 Å². The molecule has 1 aliphatic rings. The van der Waals surface area contributed by atoms with Crippen molar-refractivity contribution in [3.05, 3.63) is 153 Å². The molecule has 0 unspecified atom stereocenters. The fraction of sp³-hybridized carbons (Fsp3) is 0.0968. The van der Waals surface area contributed by atoms with E-state index in [9.17, 15) is 9.59 Å². The fourth-order valence-electron chi connectivity index (χ4n) is 5.14. The Balaban J connectivity index is 1.70. The van der Waals surface area contributed by atoms with Gasteiger partial charge in [-0.25, -0.2) is 0 Å². The zero-order chi connectivity index (χ0) is 23.4. The molecule has 4 aromatic carbocycles. The third-order valence-corrected chi connectivity index (χ3v) is 20.3. The van der Waals surface area contributed by atoms with Crippen LogP contribution in [0.5, 0.6) is 0 Å². The molecule has 166 valence electrons. The van der Waals surface area contributed by atoms with Crippen molar-refractivity contribution in [1.29, 1.82) is 0 Å². The van der Waals surface area contributed by atoms with Crippen molar-refractivity contribution in [3.63, 3.8) is 0 Å². The Labute approximate surface area is 204 Å². The number of benzene rings is 4. The van der Waals surface area contributed by atoms with E-state index in [1.165, 1.54) is 16.7 Å². The maximum absolute atomic E-state index is 14.0. The molecule has 0 aliphatic heterocycles. The summed E-state index contributed by atoms with van der Waals surface area (Å²) in [6.45, 7) is 0. The summed E-state index contributed by atoms with van der Waals surface area (Å²) in [6, 6.07) is 38.7. The Bertz CT molecular complexity index is 1240. The summed E-state index contributed by atoms with van der Waals surface area (Å²) in [6.07, 6.45) is 1.70. The zero-order valence-corrected chi connectivity index (χ0v) is 21.8. The van der Waals surface area contributed by atoms with Gasteiger partial charge < -0.3 is 0 Å². The Hall–Kier alpha value is -3.24. The minimum atomic E-state index is -3.63. The van der Waals surface area contributed by atoms with Crippen LogP contribution in [-0.2, 0) is 13.3 Å². The number of carbonyl (C=O) groups is 2. The summed E-state index contributed by atoms with van der Waals surface area (Å²) < 4.78 is 3.42. The van der Waals surface area contributed by atoms with Crippen molar-refractivity contribution in [2.24, 2.45) is 0 Å². The molecule has 0 radical (unpaired) electrons. The van der Waals surface area contributed by atoms with Gasteiger partial charge in [0.1, 0.15) is 0 Å². The van der Waals surface area contributed by atoms with E-state index in [1.807, 2.05) is 36.4 Å². The average molecular weight is 549 g/mol. The second-order valence-corrected chi connectivity index (χ2v) is 20.9. The molecule has 0 atom stereocenters. The average Bonchev–Trinajstić information content (AvgIpc) is 2.88. The summed E-state index contributed by atoms with van der Waals surface area (Å²) in [4.78, 5) is 27.3. The zero-order valence-electron chi connectivity index (χ0n) is 19.0. The number of fused-ring (bicyclic) bond motifs is 1. The normalized spacial score (nSPS) is 13.4. The molecule has 0 spiro atoms. The van der Waals surface area contributed by atoms with Crippen LogP contribution in [-0.4, -0.2) is 29.9 Å². The molecule has 0 heterocycles. The molecule has 2 nitrogen and oxygen atoms in total. The quantitative estimate of drug-likeness (QED) is 0.253. The monoisotopic (exact) mass is 550 g/mol. The van der Waals surface area contributed by atoms with Crippen LogP contribution >= 0.6 is 0 Å². The standard InChI is InChI=1S/C10H5O2.3C7H7.Sn/c11-9-5-6-10(12)8-4-2-1-3-7(8)9;3*1-7-5-3-2-4-6-7;/h1-5H;3*2-6H,1H2;. The van der Waals surface area contributed by atoms with E-state index in [1.54, 1.807) is 12.1 Å². The predicted octanol–water partition coefficient (Wildman–Crippen LogP) is 6.33. The van der Waals surface area contributed by atoms with E-state index in [0.717, 1.165) is 16.9 Å². The van der Waals surface area contributed by atoms with Gasteiger partial charge in [0, 0.05) is 0 Å². The van der Waals surface area contributed by atoms with E-state index in [0.29, 0.717) is 11.1 Å². The van der Waals surface area contributed by atoms with E-state index >= 15 is 0 Å². The van der Waals surface area contributed by atoms with Crippen LogP contribution in [0.2, 0.25) is 0 Å². The first-order valence-electron chi connectivity index (χ1n) is 11.7. The third-order valence-electron chi connectivity index (χ3n) is 6.68. The van der Waals surface area contributed by atoms with Crippen molar-refractivity contribution in [2.45, 2.75) is 13.3 Å². The number of rotatable bonds is 7. The van der Waals surface area contributed by atoms with Gasteiger partial charge in [-0.3, -0.25) is 0 Å². The van der Waals surface area contributed by atoms with Crippen LogP contribution < -0.4 is 0 Å². The van der Waals surface area contributed by atoms with E-state index < -0.39 is 18.4 Å². The first kappa shape index (κ1) is 22.5. The van der Waals surface area contributed by atoms with Crippen LogP contribution in [0.1, 0.15) is 37.4 Å². The summed E-state index contributed by atoms with van der Waals surface area (Å²) in [5.74, 6) is 0.00857. The van der Waals surface area contributed by atoms with Gasteiger partial charge in [-0.15, -0.1) is 0 Å². The van der Waals surface area contributed by atoms with Gasteiger partial charge in [-0.1, -0.05) is 0 Å². The fourth-order valence-corrected chi connectivity index (χ4v) is 19.6. The number of hydrogen-bond donors (Lipinski definition) is 0. The van der Waals surface area contributed by atoms with E-state index in [4.69, 9.17) is 0 Å². The van der Waals surface area contributed by atoms with Crippen molar-refractivity contribution in [2.75, 3.05) is 0 Å². The summed E-state index contributed by atoms with van der Waals surface area (Å²) >= 11 is -3.63. The van der Waals surface area contributed by atoms with Crippen LogP contribution in [0.3, 0.4) is 0 Å². The molecule has 4 aromatic rings. The first-order valence-corrected chi connectivity index (χ1v) is 19.1. The molecule has 0 fully saturated rings. The van der Waals surface area contributed by atoms with E-state index in [-0.39, 0.29) is 11.6 Å². The van der Waals surface area contributed by atoms with E-state index in [2.05, 4.69) is 72.8 Å². The minimum absolute atomic E-state index is 0.0412. The molecule has 0 bridgehead atoms. The van der Waals surface area contributed by atoms with Gasteiger partial charge >= 0.3 is 206 Å². The molecule has 0 N–H and O–H groups in total. The molecule has 0 saturated heterocycles. The SMILES string of the molecule is O=C1C=[C]([Sn]([CH2]c2ccccc2)([CH2]c2ccccc2)[CH2]c2ccccc2)C(=O)c2ccccc21. The molecule has 34 heavy (non-hydrogen) atoms. The molecule has 3 heteroatoms. The second kappa shape index (κ2) is 9.94. The number of hydrogen-bond acceptors (Lipinski definition) is 2. The van der Waals surface area contributed by atoms with Gasteiger partial charge in [0.2, 0.25) is 0 Å². The summed E-state index contributed by atoms with van der Waals surface area (Å²) in [5, 5.41) is 0. The van der Waals surface area contributed by atoms with Gasteiger partial charge in [0.25, 0.3) is 0 Å². The van der Waals surface area contributed by atoms with Crippen LogP contribution in [0.4, 0.5) is 0 Å². The molecule has 1 aliphatic carbocycles. The number of Topliss-reactive ketones (excluding diaryl/α,β-unsaturated/α-hetero) is 1. The van der Waals surface area contributed by atoms with Gasteiger partial charge in [-0.2, -0.15) is 0 Å². The van der Waals surface area contributed by atoms with Gasteiger partial charge in [0.05, 0.1) is 0 Å². The molecule has 5 rings (SSSR count). The van der Waals surface area contributed by atoms with Crippen LogP contribution in [0.15, 0.2) is 125 Å². The van der Waals surface area contributed by atoms with Crippen molar-refractivity contribution in [1.82, 2.24) is 0 Å². The Kier molecular flexibility index (Phi) is 6.59. The molecule has 0 amide bonds. The molecular formula is C31H26O2Sn. The maximum atomic E-state index is 14.0. The summed E-state index contributed by atoms with van der Waals surface area (Å²) in [7, 11) is 0. The molecule has 0 saturated carbocycles. The Morgan fingerprint density at radius 2 is 0.853 bits per heavy atom. The number of allylic oxidation sites excluding steroid dienone is 2. The predicted molar refractivity (Wildman–Crippen MR) is 139 cm³/mol. The second-order valence-electron chi connectivity index (χ2n) is 9.06. The van der Waals surface area contributed by atoms with Crippen molar-refractivity contribution in [3.8, 4) is 0 Å². The van der Waals surface area contributed by atoms with Crippen LogP contribution in [0.25, 0.3) is 0 Å². The molecular weight excluding hydrogens is 523 g/mol. The Morgan fingerprint density at radius 3 is 1.29 bits per heavy atom. The summed E-state index contributed by atoms with van der Waals surface area (Å²) in [5.41, 5.74) is 4.80.